The summed E-state index contributed by atoms with van der Waals surface area (Å²) in [5.41, 5.74) is 0.603. The number of rotatable bonds is 5. The smallest absolute Gasteiger partial charge is 0.315 e. The molecule has 1 aliphatic rings. The van der Waals surface area contributed by atoms with Gasteiger partial charge in [-0.05, 0) is 43.4 Å². The molecule has 0 bridgehead atoms. The van der Waals surface area contributed by atoms with Gasteiger partial charge in [-0.25, -0.2) is 9.18 Å². The fraction of sp³-hybridized carbons (Fsp3) is 0.500. The summed E-state index contributed by atoms with van der Waals surface area (Å²) in [6.07, 6.45) is 2.44. The zero-order valence-electron chi connectivity index (χ0n) is 13.0. The fourth-order valence-corrected chi connectivity index (χ4v) is 2.74. The predicted octanol–water partition coefficient (Wildman–Crippen LogP) is 2.28. The summed E-state index contributed by atoms with van der Waals surface area (Å²) < 4.78 is 18.3. The van der Waals surface area contributed by atoms with E-state index in [-0.39, 0.29) is 24.5 Å². The molecular formula is C16H21FN2O4. The van der Waals surface area contributed by atoms with Gasteiger partial charge in [0.05, 0.1) is 13.0 Å². The zero-order valence-corrected chi connectivity index (χ0v) is 13.0. The van der Waals surface area contributed by atoms with E-state index in [2.05, 4.69) is 10.6 Å². The van der Waals surface area contributed by atoms with Crippen LogP contribution in [0.15, 0.2) is 18.2 Å². The minimum Gasteiger partial charge on any atom is -0.497 e. The van der Waals surface area contributed by atoms with Crippen LogP contribution in [0.2, 0.25) is 0 Å². The second kappa shape index (κ2) is 7.80. The number of nitrogens with one attached hydrogen (secondary N) is 2. The molecule has 0 radical (unpaired) electrons. The lowest BCUT2D eigenvalue weighted by Gasteiger charge is -2.26. The van der Waals surface area contributed by atoms with Crippen LogP contribution < -0.4 is 15.4 Å². The highest BCUT2D eigenvalue weighted by Crippen LogP contribution is 2.24. The molecule has 126 valence electrons. The van der Waals surface area contributed by atoms with Crippen molar-refractivity contribution < 1.29 is 23.8 Å². The molecule has 1 aromatic carbocycles. The van der Waals surface area contributed by atoms with Gasteiger partial charge in [-0.1, -0.05) is 0 Å². The average molecular weight is 324 g/mol. The van der Waals surface area contributed by atoms with Crippen molar-refractivity contribution in [3.05, 3.63) is 29.6 Å². The lowest BCUT2D eigenvalue weighted by atomic mass is 9.86. The zero-order chi connectivity index (χ0) is 16.8. The number of carboxylic acid groups (broad SMARTS) is 1. The van der Waals surface area contributed by atoms with E-state index in [1.807, 2.05) is 0 Å². The second-order valence-corrected chi connectivity index (χ2v) is 5.71. The normalized spacial score (nSPS) is 20.6. The number of hydrogen-bond acceptors (Lipinski definition) is 3. The second-order valence-electron chi connectivity index (χ2n) is 5.71. The highest BCUT2D eigenvalue weighted by atomic mass is 19.1. The molecule has 1 aromatic rings. The summed E-state index contributed by atoms with van der Waals surface area (Å²) in [7, 11) is 1.45. The Hall–Kier alpha value is -2.31. The Morgan fingerprint density at radius 1 is 1.26 bits per heavy atom. The molecule has 0 spiro atoms. The Bertz CT molecular complexity index is 571. The molecule has 0 aliphatic heterocycles. The van der Waals surface area contributed by atoms with Gasteiger partial charge in [-0.2, -0.15) is 0 Å². The summed E-state index contributed by atoms with van der Waals surface area (Å²) in [5, 5.41) is 14.4. The van der Waals surface area contributed by atoms with Gasteiger partial charge in [-0.3, -0.25) is 4.79 Å². The standard InChI is InChI=1S/C16H21FN2O4/c1-23-14-7-10(6-12(17)8-14)9-18-16(22)19-13-4-2-11(3-5-13)15(20)21/h6-8,11,13H,2-5,9H2,1H3,(H,20,21)(H2,18,19,22). The van der Waals surface area contributed by atoms with E-state index >= 15 is 0 Å². The van der Waals surface area contributed by atoms with E-state index in [4.69, 9.17) is 9.84 Å². The number of ether oxygens (including phenoxy) is 1. The Labute approximate surface area is 134 Å². The van der Waals surface area contributed by atoms with Crippen molar-refractivity contribution in [2.24, 2.45) is 5.92 Å². The third kappa shape index (κ3) is 5.12. The van der Waals surface area contributed by atoms with Crippen LogP contribution in [-0.2, 0) is 11.3 Å². The molecule has 0 unspecified atom stereocenters. The molecule has 7 heteroatoms. The van der Waals surface area contributed by atoms with Crippen LogP contribution in [0, 0.1) is 11.7 Å². The molecular weight excluding hydrogens is 303 g/mol. The van der Waals surface area contributed by atoms with Crippen LogP contribution in [-0.4, -0.2) is 30.3 Å². The first-order valence-electron chi connectivity index (χ1n) is 7.58. The highest BCUT2D eigenvalue weighted by Gasteiger charge is 2.26. The maximum Gasteiger partial charge on any atom is 0.315 e. The van der Waals surface area contributed by atoms with E-state index < -0.39 is 11.8 Å². The number of aliphatic carboxylic acids is 1. The lowest BCUT2D eigenvalue weighted by molar-refractivity contribution is -0.142. The topological polar surface area (TPSA) is 87.7 Å². The molecule has 0 saturated heterocycles. The number of hydrogen-bond donors (Lipinski definition) is 3. The minimum atomic E-state index is -0.770. The van der Waals surface area contributed by atoms with Gasteiger partial charge in [0.2, 0.25) is 0 Å². The summed E-state index contributed by atoms with van der Waals surface area (Å²) in [5.74, 6) is -1.11. The molecule has 0 atom stereocenters. The van der Waals surface area contributed by atoms with Gasteiger partial charge >= 0.3 is 12.0 Å². The highest BCUT2D eigenvalue weighted by molar-refractivity contribution is 5.74. The fourth-order valence-electron chi connectivity index (χ4n) is 2.74. The summed E-state index contributed by atoms with van der Waals surface area (Å²) in [6.45, 7) is 0.185. The number of benzene rings is 1. The maximum absolute atomic E-state index is 13.4. The number of halogens is 1. The lowest BCUT2D eigenvalue weighted by Crippen LogP contribution is -2.43. The number of amides is 2. The van der Waals surface area contributed by atoms with Crippen molar-refractivity contribution in [3.63, 3.8) is 0 Å². The van der Waals surface area contributed by atoms with Gasteiger partial charge in [-0.15, -0.1) is 0 Å². The molecule has 1 fully saturated rings. The Balaban J connectivity index is 1.77. The third-order valence-electron chi connectivity index (χ3n) is 4.03. The van der Waals surface area contributed by atoms with Gasteiger partial charge < -0.3 is 20.5 Å². The first-order valence-corrected chi connectivity index (χ1v) is 7.58. The van der Waals surface area contributed by atoms with Crippen LogP contribution in [0.5, 0.6) is 5.75 Å². The van der Waals surface area contributed by atoms with Crippen molar-refractivity contribution >= 4 is 12.0 Å². The SMILES string of the molecule is COc1cc(F)cc(CNC(=O)NC2CCC(C(=O)O)CC2)c1. The first kappa shape index (κ1) is 17.1. The average Bonchev–Trinajstić information content (AvgIpc) is 2.53. The maximum atomic E-state index is 13.4. The van der Waals surface area contributed by atoms with Crippen molar-refractivity contribution in [3.8, 4) is 5.75 Å². The molecule has 2 amide bonds. The Kier molecular flexibility index (Phi) is 5.78. The molecule has 6 nitrogen and oxygen atoms in total. The Morgan fingerprint density at radius 3 is 2.57 bits per heavy atom. The predicted molar refractivity (Wildman–Crippen MR) is 81.7 cm³/mol. The van der Waals surface area contributed by atoms with Crippen LogP contribution in [0.25, 0.3) is 0 Å². The summed E-state index contributed by atoms with van der Waals surface area (Å²) >= 11 is 0. The van der Waals surface area contributed by atoms with E-state index in [1.165, 1.54) is 19.2 Å². The van der Waals surface area contributed by atoms with Gasteiger partial charge in [0.1, 0.15) is 11.6 Å². The van der Waals surface area contributed by atoms with Crippen LogP contribution in [0.4, 0.5) is 9.18 Å². The van der Waals surface area contributed by atoms with Crippen LogP contribution in [0.3, 0.4) is 0 Å². The Morgan fingerprint density at radius 2 is 1.96 bits per heavy atom. The quantitative estimate of drug-likeness (QED) is 0.775. The number of carboxylic acids is 1. The van der Waals surface area contributed by atoms with Crippen molar-refractivity contribution in [1.82, 2.24) is 10.6 Å². The van der Waals surface area contributed by atoms with Gasteiger partial charge in [0, 0.05) is 18.7 Å². The van der Waals surface area contributed by atoms with E-state index in [0.29, 0.717) is 37.0 Å². The number of urea groups is 1. The molecule has 1 aliphatic carbocycles. The van der Waals surface area contributed by atoms with Crippen LogP contribution in [0.1, 0.15) is 31.2 Å². The van der Waals surface area contributed by atoms with E-state index in [0.717, 1.165) is 0 Å². The largest absolute Gasteiger partial charge is 0.497 e. The van der Waals surface area contributed by atoms with Gasteiger partial charge in [0.15, 0.2) is 0 Å². The van der Waals surface area contributed by atoms with Crippen LogP contribution >= 0.6 is 0 Å². The number of carbonyl (C=O) groups excluding carboxylic acids is 1. The summed E-state index contributed by atoms with van der Waals surface area (Å²) in [4.78, 5) is 22.8. The molecule has 23 heavy (non-hydrogen) atoms. The molecule has 2 rings (SSSR count). The number of carbonyl (C=O) groups is 2. The monoisotopic (exact) mass is 324 g/mol. The van der Waals surface area contributed by atoms with Crippen molar-refractivity contribution in [2.75, 3.05) is 7.11 Å². The minimum absolute atomic E-state index is 0.0207. The molecule has 0 heterocycles. The van der Waals surface area contributed by atoms with Gasteiger partial charge in [0.25, 0.3) is 0 Å². The van der Waals surface area contributed by atoms with E-state index in [1.54, 1.807) is 6.07 Å². The molecule has 3 N–H and O–H groups in total. The van der Waals surface area contributed by atoms with Crippen molar-refractivity contribution in [1.29, 1.82) is 0 Å². The number of methoxy groups -OCH3 is 1. The van der Waals surface area contributed by atoms with E-state index in [9.17, 15) is 14.0 Å². The van der Waals surface area contributed by atoms with Crippen molar-refractivity contribution in [2.45, 2.75) is 38.3 Å². The molecule has 0 aromatic heterocycles. The first-order chi connectivity index (χ1) is 11.0. The summed E-state index contributed by atoms with van der Waals surface area (Å²) in [6, 6.07) is 3.90. The third-order valence-corrected chi connectivity index (χ3v) is 4.03. The molecule has 1 saturated carbocycles.